The van der Waals surface area contributed by atoms with Crippen molar-refractivity contribution in [2.24, 2.45) is 0 Å². The smallest absolute Gasteiger partial charge is 0.118 e. The third-order valence-corrected chi connectivity index (χ3v) is 3.28. The molecule has 1 atom stereocenters. The Hall–Kier alpha value is -1.87. The standard InChI is InChI=1S/C17H22N2O/c1-13-5-4-6-16(19-13)12-18-14(2)11-15-7-9-17(20-3)10-8-15/h4-10,14,18H,11-12H2,1-3H3. The van der Waals surface area contributed by atoms with Crippen molar-refractivity contribution in [3.8, 4) is 5.75 Å². The van der Waals surface area contributed by atoms with Gasteiger partial charge in [-0.05, 0) is 50.1 Å². The second kappa shape index (κ2) is 7.06. The summed E-state index contributed by atoms with van der Waals surface area (Å²) in [6.45, 7) is 5.02. The van der Waals surface area contributed by atoms with Gasteiger partial charge in [-0.3, -0.25) is 4.98 Å². The van der Waals surface area contributed by atoms with Crippen LogP contribution in [0.25, 0.3) is 0 Å². The fourth-order valence-electron chi connectivity index (χ4n) is 2.16. The van der Waals surface area contributed by atoms with Crippen LogP contribution in [0.15, 0.2) is 42.5 Å². The average molecular weight is 270 g/mol. The van der Waals surface area contributed by atoms with Gasteiger partial charge >= 0.3 is 0 Å². The number of ether oxygens (including phenoxy) is 1. The molecule has 3 nitrogen and oxygen atoms in total. The fourth-order valence-corrected chi connectivity index (χ4v) is 2.16. The molecule has 0 aliphatic carbocycles. The van der Waals surface area contributed by atoms with Crippen LogP contribution in [-0.2, 0) is 13.0 Å². The molecular weight excluding hydrogens is 248 g/mol. The average Bonchev–Trinajstić information content (AvgIpc) is 2.46. The minimum absolute atomic E-state index is 0.408. The molecular formula is C17H22N2O. The van der Waals surface area contributed by atoms with Gasteiger partial charge in [0.15, 0.2) is 0 Å². The van der Waals surface area contributed by atoms with Crippen molar-refractivity contribution >= 4 is 0 Å². The van der Waals surface area contributed by atoms with Crippen molar-refractivity contribution in [1.82, 2.24) is 10.3 Å². The van der Waals surface area contributed by atoms with Crippen molar-refractivity contribution in [3.05, 3.63) is 59.4 Å². The van der Waals surface area contributed by atoms with Crippen LogP contribution in [-0.4, -0.2) is 18.1 Å². The maximum Gasteiger partial charge on any atom is 0.118 e. The van der Waals surface area contributed by atoms with Crippen molar-refractivity contribution in [2.75, 3.05) is 7.11 Å². The lowest BCUT2D eigenvalue weighted by molar-refractivity contribution is 0.414. The van der Waals surface area contributed by atoms with Gasteiger partial charge in [0.05, 0.1) is 12.8 Å². The van der Waals surface area contributed by atoms with Gasteiger partial charge in [-0.2, -0.15) is 0 Å². The Labute approximate surface area is 121 Å². The van der Waals surface area contributed by atoms with Crippen LogP contribution in [0.1, 0.15) is 23.9 Å². The molecule has 1 heterocycles. The summed E-state index contributed by atoms with van der Waals surface area (Å²) in [6, 6.07) is 14.8. The molecule has 1 aromatic heterocycles. The lowest BCUT2D eigenvalue weighted by Crippen LogP contribution is -2.27. The predicted molar refractivity (Wildman–Crippen MR) is 82.0 cm³/mol. The van der Waals surface area contributed by atoms with Crippen LogP contribution >= 0.6 is 0 Å². The molecule has 0 radical (unpaired) electrons. The Morgan fingerprint density at radius 2 is 1.90 bits per heavy atom. The highest BCUT2D eigenvalue weighted by Crippen LogP contribution is 2.12. The van der Waals surface area contributed by atoms with Gasteiger partial charge in [0, 0.05) is 18.3 Å². The molecule has 0 fully saturated rings. The Morgan fingerprint density at radius 1 is 1.15 bits per heavy atom. The second-order valence-corrected chi connectivity index (χ2v) is 5.10. The quantitative estimate of drug-likeness (QED) is 0.875. The normalized spacial score (nSPS) is 12.2. The van der Waals surface area contributed by atoms with Gasteiger partial charge in [-0.15, -0.1) is 0 Å². The lowest BCUT2D eigenvalue weighted by Gasteiger charge is -2.14. The molecule has 1 unspecified atom stereocenters. The first-order valence-electron chi connectivity index (χ1n) is 6.96. The fraction of sp³-hybridized carbons (Fsp3) is 0.353. The first-order valence-corrected chi connectivity index (χ1v) is 6.96. The third-order valence-electron chi connectivity index (χ3n) is 3.28. The number of benzene rings is 1. The van der Waals surface area contributed by atoms with Gasteiger partial charge < -0.3 is 10.1 Å². The van der Waals surface area contributed by atoms with E-state index in [1.54, 1.807) is 7.11 Å². The third kappa shape index (κ3) is 4.35. The number of rotatable bonds is 6. The number of methoxy groups -OCH3 is 1. The van der Waals surface area contributed by atoms with Gasteiger partial charge in [-0.25, -0.2) is 0 Å². The van der Waals surface area contributed by atoms with E-state index >= 15 is 0 Å². The summed E-state index contributed by atoms with van der Waals surface area (Å²) in [5.74, 6) is 0.901. The molecule has 0 aliphatic rings. The molecule has 20 heavy (non-hydrogen) atoms. The number of nitrogens with zero attached hydrogens (tertiary/aromatic N) is 1. The van der Waals surface area contributed by atoms with Gasteiger partial charge in [-0.1, -0.05) is 18.2 Å². The van der Waals surface area contributed by atoms with E-state index in [9.17, 15) is 0 Å². The lowest BCUT2D eigenvalue weighted by atomic mass is 10.1. The Morgan fingerprint density at radius 3 is 2.55 bits per heavy atom. The molecule has 0 saturated carbocycles. The highest BCUT2D eigenvalue weighted by molar-refractivity contribution is 5.27. The molecule has 0 amide bonds. The molecule has 0 aliphatic heterocycles. The van der Waals surface area contributed by atoms with E-state index in [1.807, 2.05) is 31.2 Å². The van der Waals surface area contributed by atoms with E-state index in [-0.39, 0.29) is 0 Å². The first kappa shape index (κ1) is 14.5. The summed E-state index contributed by atoms with van der Waals surface area (Å²) in [5, 5.41) is 3.51. The second-order valence-electron chi connectivity index (χ2n) is 5.10. The van der Waals surface area contributed by atoms with E-state index in [4.69, 9.17) is 4.74 Å². The highest BCUT2D eigenvalue weighted by Gasteiger charge is 2.04. The minimum atomic E-state index is 0.408. The summed E-state index contributed by atoms with van der Waals surface area (Å²) in [6.07, 6.45) is 0.996. The number of nitrogens with one attached hydrogen (secondary N) is 1. The molecule has 106 valence electrons. The topological polar surface area (TPSA) is 34.1 Å². The van der Waals surface area contributed by atoms with E-state index in [2.05, 4.69) is 35.4 Å². The molecule has 0 bridgehead atoms. The van der Waals surface area contributed by atoms with Crippen molar-refractivity contribution in [1.29, 1.82) is 0 Å². The Balaban J connectivity index is 1.84. The predicted octanol–water partition coefficient (Wildman–Crippen LogP) is 3.12. The molecule has 0 spiro atoms. The number of hydrogen-bond acceptors (Lipinski definition) is 3. The Bertz CT molecular complexity index is 537. The molecule has 2 aromatic rings. The van der Waals surface area contributed by atoms with E-state index in [0.717, 1.165) is 30.1 Å². The zero-order chi connectivity index (χ0) is 14.4. The van der Waals surface area contributed by atoms with Gasteiger partial charge in [0.1, 0.15) is 5.75 Å². The summed E-state index contributed by atoms with van der Waals surface area (Å²) < 4.78 is 5.17. The number of aromatic nitrogens is 1. The monoisotopic (exact) mass is 270 g/mol. The largest absolute Gasteiger partial charge is 0.497 e. The number of pyridine rings is 1. The molecule has 3 heteroatoms. The van der Waals surface area contributed by atoms with Crippen LogP contribution in [0, 0.1) is 6.92 Å². The summed E-state index contributed by atoms with van der Waals surface area (Å²) in [4.78, 5) is 4.50. The van der Waals surface area contributed by atoms with Crippen molar-refractivity contribution < 1.29 is 4.74 Å². The highest BCUT2D eigenvalue weighted by atomic mass is 16.5. The molecule has 1 aromatic carbocycles. The summed E-state index contributed by atoms with van der Waals surface area (Å²) >= 11 is 0. The molecule has 0 saturated heterocycles. The van der Waals surface area contributed by atoms with Crippen LogP contribution in [0.2, 0.25) is 0 Å². The first-order chi connectivity index (χ1) is 9.67. The SMILES string of the molecule is COc1ccc(CC(C)NCc2cccc(C)n2)cc1. The van der Waals surface area contributed by atoms with Crippen LogP contribution < -0.4 is 10.1 Å². The maximum atomic E-state index is 5.17. The molecule has 1 N–H and O–H groups in total. The minimum Gasteiger partial charge on any atom is -0.497 e. The summed E-state index contributed by atoms with van der Waals surface area (Å²) in [7, 11) is 1.69. The van der Waals surface area contributed by atoms with E-state index in [0.29, 0.717) is 6.04 Å². The van der Waals surface area contributed by atoms with Crippen LogP contribution in [0.3, 0.4) is 0 Å². The maximum absolute atomic E-state index is 5.17. The zero-order valence-corrected chi connectivity index (χ0v) is 12.4. The van der Waals surface area contributed by atoms with Gasteiger partial charge in [0.2, 0.25) is 0 Å². The zero-order valence-electron chi connectivity index (χ0n) is 12.4. The van der Waals surface area contributed by atoms with E-state index < -0.39 is 0 Å². The van der Waals surface area contributed by atoms with Crippen molar-refractivity contribution in [3.63, 3.8) is 0 Å². The number of hydrogen-bond donors (Lipinski definition) is 1. The van der Waals surface area contributed by atoms with E-state index in [1.165, 1.54) is 5.56 Å². The Kier molecular flexibility index (Phi) is 5.13. The van der Waals surface area contributed by atoms with Gasteiger partial charge in [0.25, 0.3) is 0 Å². The summed E-state index contributed by atoms with van der Waals surface area (Å²) in [5.41, 5.74) is 3.46. The number of aryl methyl sites for hydroxylation is 1. The van der Waals surface area contributed by atoms with Crippen LogP contribution in [0.4, 0.5) is 0 Å². The molecule has 2 rings (SSSR count). The van der Waals surface area contributed by atoms with Crippen LogP contribution in [0.5, 0.6) is 5.75 Å². The van der Waals surface area contributed by atoms with Crippen molar-refractivity contribution in [2.45, 2.75) is 32.9 Å².